The van der Waals surface area contributed by atoms with Gasteiger partial charge in [-0.2, -0.15) is 0 Å². The van der Waals surface area contributed by atoms with Crippen LogP contribution < -0.4 is 4.72 Å². The molecule has 1 atom stereocenters. The fourth-order valence-electron chi connectivity index (χ4n) is 2.29. The van der Waals surface area contributed by atoms with E-state index in [1.54, 1.807) is 12.3 Å². The Morgan fingerprint density at radius 1 is 1.53 bits per heavy atom. The van der Waals surface area contributed by atoms with Gasteiger partial charge in [0.25, 0.3) is 0 Å². The molecule has 0 saturated carbocycles. The topological polar surface area (TPSA) is 62.3 Å². The smallest absolute Gasteiger partial charge is 0.242 e. The third kappa shape index (κ3) is 4.24. The zero-order chi connectivity index (χ0) is 13.9. The highest BCUT2D eigenvalue weighted by Crippen LogP contribution is 2.17. The molecule has 1 fully saturated rings. The van der Waals surface area contributed by atoms with Gasteiger partial charge in [-0.3, -0.25) is 4.98 Å². The number of nitrogens with zero attached hydrogens (tertiary/aromatic N) is 2. The van der Waals surface area contributed by atoms with Crippen molar-refractivity contribution in [2.75, 3.05) is 26.7 Å². The molecular formula is C12H18BrN3O2S. The normalized spacial score (nSPS) is 21.5. The average Bonchev–Trinajstić information content (AvgIpc) is 2.37. The predicted molar refractivity (Wildman–Crippen MR) is 77.3 cm³/mol. The molecule has 0 spiro atoms. The lowest BCUT2D eigenvalue weighted by atomic mass is 9.99. The number of piperidine rings is 1. The number of pyridine rings is 1. The first-order chi connectivity index (χ1) is 8.97. The van der Waals surface area contributed by atoms with E-state index in [0.29, 0.717) is 16.9 Å². The average molecular weight is 348 g/mol. The zero-order valence-corrected chi connectivity index (χ0v) is 13.2. The summed E-state index contributed by atoms with van der Waals surface area (Å²) >= 11 is 3.23. The molecule has 5 nitrogen and oxygen atoms in total. The Morgan fingerprint density at radius 3 is 3.00 bits per heavy atom. The predicted octanol–water partition coefficient (Wildman–Crippen LogP) is 1.46. The van der Waals surface area contributed by atoms with Crippen LogP contribution in [0.4, 0.5) is 0 Å². The van der Waals surface area contributed by atoms with Crippen molar-refractivity contribution in [1.82, 2.24) is 14.6 Å². The summed E-state index contributed by atoms with van der Waals surface area (Å²) in [5, 5.41) is 0. The van der Waals surface area contributed by atoms with E-state index in [1.165, 1.54) is 6.20 Å². The molecule has 2 rings (SSSR count). The summed E-state index contributed by atoms with van der Waals surface area (Å²) in [4.78, 5) is 6.32. The fourth-order valence-corrected chi connectivity index (χ4v) is 3.91. The molecule has 106 valence electrons. The lowest BCUT2D eigenvalue weighted by Gasteiger charge is -2.29. The quantitative estimate of drug-likeness (QED) is 0.895. The zero-order valence-electron chi connectivity index (χ0n) is 10.8. The standard InChI is InChI=1S/C12H18BrN3O2S/c1-16-4-2-3-10(9-16)6-15-19(17,18)12-5-11(13)7-14-8-12/h5,7-8,10,15H,2-4,6,9H2,1H3. The van der Waals surface area contributed by atoms with Gasteiger partial charge in [-0.05, 0) is 54.3 Å². The van der Waals surface area contributed by atoms with Crippen LogP contribution in [0.15, 0.2) is 27.8 Å². The molecule has 0 aliphatic carbocycles. The maximum Gasteiger partial charge on any atom is 0.242 e. The lowest BCUT2D eigenvalue weighted by Crippen LogP contribution is -2.39. The van der Waals surface area contributed by atoms with Gasteiger partial charge in [0.1, 0.15) is 4.90 Å². The van der Waals surface area contributed by atoms with E-state index in [0.717, 1.165) is 25.9 Å². The summed E-state index contributed by atoms with van der Waals surface area (Å²) in [6.45, 7) is 2.53. The van der Waals surface area contributed by atoms with Gasteiger partial charge in [-0.1, -0.05) is 0 Å². The Hall–Kier alpha value is -0.500. The van der Waals surface area contributed by atoms with Gasteiger partial charge in [0.2, 0.25) is 10.0 Å². The number of aromatic nitrogens is 1. The molecule has 1 aromatic heterocycles. The Kier molecular flexibility index (Phi) is 4.94. The summed E-state index contributed by atoms with van der Waals surface area (Å²) in [7, 11) is -1.39. The molecule has 1 N–H and O–H groups in total. The fraction of sp³-hybridized carbons (Fsp3) is 0.583. The Labute approximate surface area is 122 Å². The molecule has 0 radical (unpaired) electrons. The highest BCUT2D eigenvalue weighted by molar-refractivity contribution is 9.10. The van der Waals surface area contributed by atoms with Crippen LogP contribution in [0, 0.1) is 5.92 Å². The summed E-state index contributed by atoms with van der Waals surface area (Å²) in [6, 6.07) is 1.56. The highest BCUT2D eigenvalue weighted by atomic mass is 79.9. The highest BCUT2D eigenvalue weighted by Gasteiger charge is 2.21. The SMILES string of the molecule is CN1CCCC(CNS(=O)(=O)c2cncc(Br)c2)C1. The molecule has 2 heterocycles. The largest absolute Gasteiger partial charge is 0.306 e. The van der Waals surface area contributed by atoms with Crippen molar-refractivity contribution in [3.63, 3.8) is 0 Å². The van der Waals surface area contributed by atoms with Crippen molar-refractivity contribution in [2.24, 2.45) is 5.92 Å². The molecule has 1 aliphatic heterocycles. The Balaban J connectivity index is 1.98. The Morgan fingerprint density at radius 2 is 2.32 bits per heavy atom. The molecule has 7 heteroatoms. The van der Waals surface area contributed by atoms with Gasteiger partial charge in [0, 0.05) is 30.0 Å². The number of hydrogen-bond acceptors (Lipinski definition) is 4. The first-order valence-electron chi connectivity index (χ1n) is 6.26. The minimum absolute atomic E-state index is 0.200. The van der Waals surface area contributed by atoms with Gasteiger partial charge in [0.15, 0.2) is 0 Å². The van der Waals surface area contributed by atoms with Crippen molar-refractivity contribution < 1.29 is 8.42 Å². The van der Waals surface area contributed by atoms with Gasteiger partial charge in [0.05, 0.1) is 0 Å². The second-order valence-electron chi connectivity index (χ2n) is 4.96. The minimum atomic E-state index is -3.46. The Bertz CT molecular complexity index is 536. The first kappa shape index (κ1) is 14.9. The van der Waals surface area contributed by atoms with Crippen LogP contribution in [-0.4, -0.2) is 45.0 Å². The number of likely N-dealkylation sites (tertiary alicyclic amines) is 1. The molecular weight excluding hydrogens is 330 g/mol. The van der Waals surface area contributed by atoms with Crippen LogP contribution in [0.25, 0.3) is 0 Å². The van der Waals surface area contributed by atoms with Gasteiger partial charge < -0.3 is 4.90 Å². The number of sulfonamides is 1. The van der Waals surface area contributed by atoms with E-state index >= 15 is 0 Å². The third-order valence-corrected chi connectivity index (χ3v) is 5.10. The second-order valence-corrected chi connectivity index (χ2v) is 7.64. The van der Waals surface area contributed by atoms with Crippen LogP contribution in [0.1, 0.15) is 12.8 Å². The molecule has 19 heavy (non-hydrogen) atoms. The van der Waals surface area contributed by atoms with Crippen LogP contribution in [0.3, 0.4) is 0 Å². The van der Waals surface area contributed by atoms with Crippen molar-refractivity contribution in [1.29, 1.82) is 0 Å². The molecule has 0 bridgehead atoms. The summed E-state index contributed by atoms with van der Waals surface area (Å²) in [6.07, 6.45) is 5.13. The molecule has 1 unspecified atom stereocenters. The van der Waals surface area contributed by atoms with E-state index in [2.05, 4.69) is 37.6 Å². The summed E-state index contributed by atoms with van der Waals surface area (Å²) < 4.78 is 27.6. The monoisotopic (exact) mass is 347 g/mol. The van der Waals surface area contributed by atoms with E-state index < -0.39 is 10.0 Å². The molecule has 0 aromatic carbocycles. The molecule has 0 amide bonds. The van der Waals surface area contributed by atoms with Crippen molar-refractivity contribution in [3.05, 3.63) is 22.9 Å². The van der Waals surface area contributed by atoms with E-state index in [4.69, 9.17) is 0 Å². The minimum Gasteiger partial charge on any atom is -0.306 e. The lowest BCUT2D eigenvalue weighted by molar-refractivity contribution is 0.211. The van der Waals surface area contributed by atoms with Crippen LogP contribution >= 0.6 is 15.9 Å². The van der Waals surface area contributed by atoms with Crippen LogP contribution in [0.5, 0.6) is 0 Å². The number of rotatable bonds is 4. The van der Waals surface area contributed by atoms with Gasteiger partial charge >= 0.3 is 0 Å². The number of halogens is 1. The second kappa shape index (κ2) is 6.30. The van der Waals surface area contributed by atoms with E-state index in [9.17, 15) is 8.42 Å². The van der Waals surface area contributed by atoms with Gasteiger partial charge in [-0.15, -0.1) is 0 Å². The van der Waals surface area contributed by atoms with Crippen molar-refractivity contribution in [3.8, 4) is 0 Å². The molecule has 1 saturated heterocycles. The third-order valence-electron chi connectivity index (χ3n) is 3.27. The van der Waals surface area contributed by atoms with Crippen LogP contribution in [0.2, 0.25) is 0 Å². The van der Waals surface area contributed by atoms with Crippen molar-refractivity contribution >= 4 is 26.0 Å². The van der Waals surface area contributed by atoms with Gasteiger partial charge in [-0.25, -0.2) is 13.1 Å². The van der Waals surface area contributed by atoms with E-state index in [-0.39, 0.29) is 4.90 Å². The first-order valence-corrected chi connectivity index (χ1v) is 8.54. The summed E-state index contributed by atoms with van der Waals surface area (Å²) in [5.74, 6) is 0.383. The van der Waals surface area contributed by atoms with Crippen LogP contribution in [-0.2, 0) is 10.0 Å². The number of hydrogen-bond donors (Lipinski definition) is 1. The summed E-state index contributed by atoms with van der Waals surface area (Å²) in [5.41, 5.74) is 0. The number of nitrogens with one attached hydrogen (secondary N) is 1. The van der Waals surface area contributed by atoms with Crippen molar-refractivity contribution in [2.45, 2.75) is 17.7 Å². The maximum atomic E-state index is 12.1. The molecule has 1 aliphatic rings. The van der Waals surface area contributed by atoms with E-state index in [1.807, 2.05) is 0 Å². The molecule has 1 aromatic rings. The maximum absolute atomic E-state index is 12.1.